The number of hydrogen-bond donors (Lipinski definition) is 3. The van der Waals surface area contributed by atoms with Gasteiger partial charge in [0.15, 0.2) is 0 Å². The maximum atomic E-state index is 11.7. The molecule has 0 radical (unpaired) electrons. The fourth-order valence-electron chi connectivity index (χ4n) is 1.71. The number of rotatable bonds is 8. The number of carboxylic acids is 1. The van der Waals surface area contributed by atoms with Gasteiger partial charge in [0.05, 0.1) is 0 Å². The van der Waals surface area contributed by atoms with Crippen LogP contribution in [0.2, 0.25) is 0 Å². The number of aromatic hydroxyl groups is 1. The molecule has 1 aromatic rings. The molecule has 19 heavy (non-hydrogen) atoms. The van der Waals surface area contributed by atoms with E-state index in [1.807, 2.05) is 0 Å². The second kappa shape index (κ2) is 8.13. The van der Waals surface area contributed by atoms with Crippen LogP contribution in [0.1, 0.15) is 42.5 Å². The van der Waals surface area contributed by atoms with Gasteiger partial charge in [-0.25, -0.2) is 0 Å². The molecule has 5 heteroatoms. The number of aliphatic carboxylic acids is 1. The van der Waals surface area contributed by atoms with Gasteiger partial charge in [-0.15, -0.1) is 0 Å². The van der Waals surface area contributed by atoms with Gasteiger partial charge in [0.25, 0.3) is 5.91 Å². The molecule has 1 aromatic carbocycles. The third-order valence-electron chi connectivity index (χ3n) is 2.71. The van der Waals surface area contributed by atoms with Gasteiger partial charge in [-0.2, -0.15) is 0 Å². The molecule has 0 saturated heterocycles. The van der Waals surface area contributed by atoms with Gasteiger partial charge in [-0.3, -0.25) is 9.59 Å². The second-order valence-corrected chi connectivity index (χ2v) is 4.36. The summed E-state index contributed by atoms with van der Waals surface area (Å²) in [5.74, 6) is -0.903. The molecule has 0 aliphatic rings. The van der Waals surface area contributed by atoms with Crippen molar-refractivity contribution >= 4 is 11.9 Å². The topological polar surface area (TPSA) is 86.6 Å². The van der Waals surface area contributed by atoms with Gasteiger partial charge in [0.2, 0.25) is 0 Å². The molecule has 3 N–H and O–H groups in total. The van der Waals surface area contributed by atoms with Crippen LogP contribution in [0.15, 0.2) is 24.3 Å². The first-order valence-corrected chi connectivity index (χ1v) is 6.38. The Hall–Kier alpha value is -2.04. The second-order valence-electron chi connectivity index (χ2n) is 4.36. The van der Waals surface area contributed by atoms with E-state index in [1.54, 1.807) is 12.1 Å². The molecule has 0 fully saturated rings. The van der Waals surface area contributed by atoms with E-state index in [0.29, 0.717) is 18.5 Å². The summed E-state index contributed by atoms with van der Waals surface area (Å²) >= 11 is 0. The molecular weight excluding hydrogens is 246 g/mol. The van der Waals surface area contributed by atoms with Gasteiger partial charge >= 0.3 is 5.97 Å². The lowest BCUT2D eigenvalue weighted by molar-refractivity contribution is -0.137. The van der Waals surface area contributed by atoms with Crippen LogP contribution in [0.4, 0.5) is 0 Å². The van der Waals surface area contributed by atoms with Crippen LogP contribution in [-0.4, -0.2) is 28.6 Å². The molecule has 0 saturated carbocycles. The van der Waals surface area contributed by atoms with E-state index in [4.69, 9.17) is 5.11 Å². The number of phenols is 1. The molecule has 0 atom stereocenters. The lowest BCUT2D eigenvalue weighted by Crippen LogP contribution is -2.24. The fourth-order valence-corrected chi connectivity index (χ4v) is 1.71. The number of hydrogen-bond acceptors (Lipinski definition) is 3. The summed E-state index contributed by atoms with van der Waals surface area (Å²) < 4.78 is 0. The number of carboxylic acid groups (broad SMARTS) is 1. The average Bonchev–Trinajstić information content (AvgIpc) is 2.37. The molecule has 1 rings (SSSR count). The Morgan fingerprint density at radius 1 is 1.11 bits per heavy atom. The van der Waals surface area contributed by atoms with Gasteiger partial charge in [0, 0.05) is 18.5 Å². The highest BCUT2D eigenvalue weighted by atomic mass is 16.4. The van der Waals surface area contributed by atoms with E-state index in [9.17, 15) is 14.7 Å². The predicted molar refractivity (Wildman–Crippen MR) is 71.2 cm³/mol. The normalized spacial score (nSPS) is 10.1. The minimum Gasteiger partial charge on any atom is -0.508 e. The minimum atomic E-state index is -0.766. The zero-order chi connectivity index (χ0) is 14.1. The molecule has 0 aliphatic heterocycles. The number of carbonyl (C=O) groups is 2. The molecular formula is C14H19NO4. The van der Waals surface area contributed by atoms with E-state index in [0.717, 1.165) is 19.3 Å². The van der Waals surface area contributed by atoms with Crippen LogP contribution < -0.4 is 5.32 Å². The molecule has 5 nitrogen and oxygen atoms in total. The number of amides is 1. The summed E-state index contributed by atoms with van der Waals surface area (Å²) in [5.41, 5.74) is 0.436. The highest BCUT2D eigenvalue weighted by Crippen LogP contribution is 2.10. The monoisotopic (exact) mass is 265 g/mol. The first-order valence-electron chi connectivity index (χ1n) is 6.38. The molecule has 1 amide bonds. The number of benzene rings is 1. The van der Waals surface area contributed by atoms with Crippen molar-refractivity contribution in [2.45, 2.75) is 32.1 Å². The van der Waals surface area contributed by atoms with E-state index >= 15 is 0 Å². The molecule has 0 heterocycles. The first-order chi connectivity index (χ1) is 9.09. The van der Waals surface area contributed by atoms with E-state index in [-0.39, 0.29) is 18.1 Å². The molecule has 0 spiro atoms. The van der Waals surface area contributed by atoms with Crippen molar-refractivity contribution in [1.29, 1.82) is 0 Å². The Bertz CT molecular complexity index is 431. The van der Waals surface area contributed by atoms with Crippen LogP contribution in [0.3, 0.4) is 0 Å². The quantitative estimate of drug-likeness (QED) is 0.629. The van der Waals surface area contributed by atoms with Crippen LogP contribution in [0.5, 0.6) is 5.75 Å². The van der Waals surface area contributed by atoms with Crippen LogP contribution in [-0.2, 0) is 4.79 Å². The van der Waals surface area contributed by atoms with E-state index in [1.165, 1.54) is 12.1 Å². The molecule has 0 bridgehead atoms. The average molecular weight is 265 g/mol. The van der Waals surface area contributed by atoms with Crippen LogP contribution in [0, 0.1) is 0 Å². The van der Waals surface area contributed by atoms with Crippen molar-refractivity contribution < 1.29 is 19.8 Å². The number of phenolic OH excluding ortho intramolecular Hbond substituents is 1. The van der Waals surface area contributed by atoms with Crippen LogP contribution >= 0.6 is 0 Å². The largest absolute Gasteiger partial charge is 0.508 e. The predicted octanol–water partition coefficient (Wildman–Crippen LogP) is 2.16. The van der Waals surface area contributed by atoms with Gasteiger partial charge < -0.3 is 15.5 Å². The Balaban J connectivity index is 2.12. The van der Waals surface area contributed by atoms with Crippen molar-refractivity contribution in [1.82, 2.24) is 5.32 Å². The third kappa shape index (κ3) is 6.45. The SMILES string of the molecule is O=C(O)CCCCCCNC(=O)c1cccc(O)c1. The Morgan fingerprint density at radius 2 is 1.84 bits per heavy atom. The summed E-state index contributed by atoms with van der Waals surface area (Å²) in [6.07, 6.45) is 3.46. The standard InChI is InChI=1S/C14H19NO4/c16-12-7-5-6-11(10-12)14(19)15-9-4-2-1-3-8-13(17)18/h5-7,10,16H,1-4,8-9H2,(H,15,19)(H,17,18). The molecule has 0 aliphatic carbocycles. The first kappa shape index (κ1) is 15.0. The van der Waals surface area contributed by atoms with Gasteiger partial charge in [-0.05, 0) is 31.0 Å². The van der Waals surface area contributed by atoms with Crippen LogP contribution in [0.25, 0.3) is 0 Å². The summed E-state index contributed by atoms with van der Waals surface area (Å²) in [7, 11) is 0. The lowest BCUT2D eigenvalue weighted by atomic mass is 10.1. The summed E-state index contributed by atoms with van der Waals surface area (Å²) in [5, 5.41) is 20.5. The van der Waals surface area contributed by atoms with Gasteiger partial charge in [-0.1, -0.05) is 18.9 Å². The van der Waals surface area contributed by atoms with E-state index < -0.39 is 5.97 Å². The van der Waals surface area contributed by atoms with E-state index in [2.05, 4.69) is 5.32 Å². The highest BCUT2D eigenvalue weighted by molar-refractivity contribution is 5.94. The van der Waals surface area contributed by atoms with Crippen molar-refractivity contribution in [2.75, 3.05) is 6.54 Å². The Morgan fingerprint density at radius 3 is 2.53 bits per heavy atom. The van der Waals surface area contributed by atoms with Crippen molar-refractivity contribution in [3.05, 3.63) is 29.8 Å². The fraction of sp³-hybridized carbons (Fsp3) is 0.429. The van der Waals surface area contributed by atoms with Crippen molar-refractivity contribution in [2.24, 2.45) is 0 Å². The smallest absolute Gasteiger partial charge is 0.303 e. The molecule has 0 unspecified atom stereocenters. The summed E-state index contributed by atoms with van der Waals surface area (Å²) in [6.45, 7) is 0.557. The highest BCUT2D eigenvalue weighted by Gasteiger charge is 2.04. The molecule has 0 aromatic heterocycles. The number of unbranched alkanes of at least 4 members (excludes halogenated alkanes) is 3. The maximum absolute atomic E-state index is 11.7. The summed E-state index contributed by atoms with van der Waals surface area (Å²) in [4.78, 5) is 22.0. The third-order valence-corrected chi connectivity index (χ3v) is 2.71. The number of nitrogens with one attached hydrogen (secondary N) is 1. The Labute approximate surface area is 112 Å². The lowest BCUT2D eigenvalue weighted by Gasteiger charge is -2.05. The molecule has 104 valence electrons. The zero-order valence-electron chi connectivity index (χ0n) is 10.8. The minimum absolute atomic E-state index is 0.0707. The maximum Gasteiger partial charge on any atom is 0.303 e. The van der Waals surface area contributed by atoms with Crippen molar-refractivity contribution in [3.8, 4) is 5.75 Å². The van der Waals surface area contributed by atoms with Crippen molar-refractivity contribution in [3.63, 3.8) is 0 Å². The number of carbonyl (C=O) groups excluding carboxylic acids is 1. The zero-order valence-corrected chi connectivity index (χ0v) is 10.8. The Kier molecular flexibility index (Phi) is 6.43. The summed E-state index contributed by atoms with van der Waals surface area (Å²) in [6, 6.07) is 6.19. The van der Waals surface area contributed by atoms with Gasteiger partial charge in [0.1, 0.15) is 5.75 Å².